The highest BCUT2D eigenvalue weighted by Gasteiger charge is 2.32. The summed E-state index contributed by atoms with van der Waals surface area (Å²) in [5, 5.41) is 9.11. The van der Waals surface area contributed by atoms with Crippen LogP contribution in [0.1, 0.15) is 33.6 Å². The van der Waals surface area contributed by atoms with Crippen molar-refractivity contribution in [2.45, 2.75) is 51.8 Å². The highest BCUT2D eigenvalue weighted by molar-refractivity contribution is 5.70. The third kappa shape index (κ3) is 3.93. The minimum absolute atomic E-state index is 0.166. The summed E-state index contributed by atoms with van der Waals surface area (Å²) in [5.74, 6) is -0.808. The molecule has 3 atom stereocenters. The van der Waals surface area contributed by atoms with Crippen molar-refractivity contribution in [3.05, 3.63) is 0 Å². The minimum Gasteiger partial charge on any atom is -0.481 e. The van der Waals surface area contributed by atoms with E-state index in [4.69, 9.17) is 9.84 Å². The number of aliphatic carboxylic acids is 1. The summed E-state index contributed by atoms with van der Waals surface area (Å²) in [6.07, 6.45) is 1.78. The lowest BCUT2D eigenvalue weighted by Crippen LogP contribution is -2.52. The molecular formula is C15H28N2O3. The van der Waals surface area contributed by atoms with E-state index in [0.717, 1.165) is 45.6 Å². The Balaban J connectivity index is 1.83. The van der Waals surface area contributed by atoms with Crippen molar-refractivity contribution in [2.75, 3.05) is 32.8 Å². The van der Waals surface area contributed by atoms with Gasteiger partial charge >= 0.3 is 5.97 Å². The molecule has 0 aromatic rings. The van der Waals surface area contributed by atoms with E-state index in [1.54, 1.807) is 0 Å². The highest BCUT2D eigenvalue weighted by atomic mass is 16.5. The van der Waals surface area contributed by atoms with Gasteiger partial charge in [-0.15, -0.1) is 0 Å². The molecule has 5 heteroatoms. The molecule has 1 N–H and O–H groups in total. The Morgan fingerprint density at radius 2 is 2.15 bits per heavy atom. The molecule has 0 aromatic carbocycles. The number of carboxylic acids is 1. The molecule has 0 bridgehead atoms. The summed E-state index contributed by atoms with van der Waals surface area (Å²) in [4.78, 5) is 15.9. The normalized spacial score (nSPS) is 33.5. The van der Waals surface area contributed by atoms with E-state index >= 15 is 0 Å². The molecule has 2 fully saturated rings. The van der Waals surface area contributed by atoms with Crippen LogP contribution in [0, 0.1) is 5.92 Å². The number of ether oxygens (including phenoxy) is 1. The van der Waals surface area contributed by atoms with Crippen LogP contribution in [0.2, 0.25) is 0 Å². The van der Waals surface area contributed by atoms with E-state index in [1.807, 2.05) is 0 Å². The zero-order chi connectivity index (χ0) is 14.7. The van der Waals surface area contributed by atoms with E-state index in [-0.39, 0.29) is 12.0 Å². The number of nitrogens with zero attached hydrogens (tertiary/aromatic N) is 2. The fraction of sp³-hybridized carbons (Fsp3) is 0.933. The van der Waals surface area contributed by atoms with Gasteiger partial charge in [-0.25, -0.2) is 0 Å². The Bertz CT molecular complexity index is 335. The largest absolute Gasteiger partial charge is 0.481 e. The Labute approximate surface area is 121 Å². The molecule has 5 nitrogen and oxygen atoms in total. The lowest BCUT2D eigenvalue weighted by molar-refractivity contribution is -0.144. The van der Waals surface area contributed by atoms with Crippen LogP contribution in [0.5, 0.6) is 0 Å². The van der Waals surface area contributed by atoms with E-state index in [2.05, 4.69) is 30.6 Å². The number of hydrogen-bond donors (Lipinski definition) is 1. The summed E-state index contributed by atoms with van der Waals surface area (Å²) in [6.45, 7) is 11.2. The second-order valence-corrected chi connectivity index (χ2v) is 6.48. The van der Waals surface area contributed by atoms with E-state index in [1.165, 1.54) is 0 Å². The summed E-state index contributed by atoms with van der Waals surface area (Å²) in [5.41, 5.74) is 0. The maximum atomic E-state index is 11.1. The van der Waals surface area contributed by atoms with Crippen molar-refractivity contribution in [1.29, 1.82) is 0 Å². The summed E-state index contributed by atoms with van der Waals surface area (Å²) >= 11 is 0. The molecule has 2 heterocycles. The number of carbonyl (C=O) groups is 1. The summed E-state index contributed by atoms with van der Waals surface area (Å²) < 4.78 is 5.88. The Morgan fingerprint density at radius 3 is 2.75 bits per heavy atom. The first kappa shape index (κ1) is 15.7. The molecule has 2 rings (SSSR count). The number of carboxylic acid groups (broad SMARTS) is 1. The zero-order valence-corrected chi connectivity index (χ0v) is 12.9. The van der Waals surface area contributed by atoms with E-state index in [9.17, 15) is 4.79 Å². The van der Waals surface area contributed by atoms with Gasteiger partial charge in [0.25, 0.3) is 0 Å². The third-order valence-corrected chi connectivity index (χ3v) is 4.70. The molecule has 0 spiro atoms. The standard InChI is InChI=1S/C15H28N2O3/c1-11(2)16-6-7-20-14(9-16)10-17-5-4-13(15(18)19)8-12(17)3/h11-14H,4-10H2,1-3H3,(H,18,19). The molecule has 2 aliphatic heterocycles. The molecular weight excluding hydrogens is 256 g/mol. The number of hydrogen-bond acceptors (Lipinski definition) is 4. The van der Waals surface area contributed by atoms with Gasteiger partial charge in [-0.2, -0.15) is 0 Å². The van der Waals surface area contributed by atoms with Crippen molar-refractivity contribution < 1.29 is 14.6 Å². The maximum Gasteiger partial charge on any atom is 0.306 e. The average Bonchev–Trinajstić information content (AvgIpc) is 2.41. The molecule has 3 unspecified atom stereocenters. The van der Waals surface area contributed by atoms with Gasteiger partial charge in [0, 0.05) is 31.7 Å². The van der Waals surface area contributed by atoms with E-state index in [0.29, 0.717) is 12.1 Å². The topological polar surface area (TPSA) is 53.0 Å². The Kier molecular flexibility index (Phi) is 5.41. The molecule has 2 saturated heterocycles. The Hall–Kier alpha value is -0.650. The predicted molar refractivity (Wildman–Crippen MR) is 77.8 cm³/mol. The van der Waals surface area contributed by atoms with Crippen LogP contribution in [0.4, 0.5) is 0 Å². The van der Waals surface area contributed by atoms with Gasteiger partial charge in [0.1, 0.15) is 0 Å². The molecule has 2 aliphatic rings. The second kappa shape index (κ2) is 6.87. The van der Waals surface area contributed by atoms with Crippen LogP contribution in [-0.4, -0.2) is 71.8 Å². The zero-order valence-electron chi connectivity index (χ0n) is 12.9. The van der Waals surface area contributed by atoms with Crippen LogP contribution >= 0.6 is 0 Å². The number of rotatable bonds is 4. The molecule has 116 valence electrons. The van der Waals surface area contributed by atoms with Crippen LogP contribution in [-0.2, 0) is 9.53 Å². The lowest BCUT2D eigenvalue weighted by atomic mass is 9.91. The number of morpholine rings is 1. The highest BCUT2D eigenvalue weighted by Crippen LogP contribution is 2.24. The van der Waals surface area contributed by atoms with Crippen molar-refractivity contribution >= 4 is 5.97 Å². The van der Waals surface area contributed by atoms with Gasteiger partial charge in [0.05, 0.1) is 18.6 Å². The van der Waals surface area contributed by atoms with Crippen LogP contribution in [0.25, 0.3) is 0 Å². The van der Waals surface area contributed by atoms with Crippen molar-refractivity contribution in [3.63, 3.8) is 0 Å². The minimum atomic E-state index is -0.642. The molecule has 20 heavy (non-hydrogen) atoms. The van der Waals surface area contributed by atoms with Gasteiger partial charge in [-0.05, 0) is 40.2 Å². The molecule has 0 radical (unpaired) electrons. The molecule has 0 saturated carbocycles. The van der Waals surface area contributed by atoms with Gasteiger partial charge in [-0.1, -0.05) is 0 Å². The van der Waals surface area contributed by atoms with Crippen molar-refractivity contribution in [2.24, 2.45) is 5.92 Å². The fourth-order valence-corrected chi connectivity index (χ4v) is 3.30. The van der Waals surface area contributed by atoms with Crippen LogP contribution in [0.15, 0.2) is 0 Å². The first-order valence-electron chi connectivity index (χ1n) is 7.80. The van der Waals surface area contributed by atoms with Crippen molar-refractivity contribution in [3.8, 4) is 0 Å². The van der Waals surface area contributed by atoms with Gasteiger partial charge in [-0.3, -0.25) is 14.6 Å². The fourth-order valence-electron chi connectivity index (χ4n) is 3.30. The smallest absolute Gasteiger partial charge is 0.306 e. The third-order valence-electron chi connectivity index (χ3n) is 4.70. The molecule has 0 aromatic heterocycles. The predicted octanol–water partition coefficient (Wildman–Crippen LogP) is 1.28. The van der Waals surface area contributed by atoms with Gasteiger partial charge in [0.2, 0.25) is 0 Å². The maximum absolute atomic E-state index is 11.1. The summed E-state index contributed by atoms with van der Waals surface area (Å²) in [7, 11) is 0. The van der Waals surface area contributed by atoms with Gasteiger partial charge in [0.15, 0.2) is 0 Å². The van der Waals surface area contributed by atoms with Crippen LogP contribution in [0.3, 0.4) is 0 Å². The molecule has 0 amide bonds. The average molecular weight is 284 g/mol. The lowest BCUT2D eigenvalue weighted by Gasteiger charge is -2.41. The van der Waals surface area contributed by atoms with Crippen molar-refractivity contribution in [1.82, 2.24) is 9.80 Å². The Morgan fingerprint density at radius 1 is 1.40 bits per heavy atom. The van der Waals surface area contributed by atoms with E-state index < -0.39 is 5.97 Å². The monoisotopic (exact) mass is 284 g/mol. The quantitative estimate of drug-likeness (QED) is 0.843. The van der Waals surface area contributed by atoms with Crippen LogP contribution < -0.4 is 0 Å². The first-order valence-corrected chi connectivity index (χ1v) is 7.80. The second-order valence-electron chi connectivity index (χ2n) is 6.48. The number of likely N-dealkylation sites (tertiary alicyclic amines) is 1. The number of piperidine rings is 1. The first-order chi connectivity index (χ1) is 9.47. The summed E-state index contributed by atoms with van der Waals surface area (Å²) in [6, 6.07) is 0.902. The SMILES string of the molecule is CC(C)N1CCOC(CN2CCC(C(=O)O)CC2C)C1. The van der Waals surface area contributed by atoms with Gasteiger partial charge < -0.3 is 9.84 Å². The molecule has 0 aliphatic carbocycles.